The van der Waals surface area contributed by atoms with Gasteiger partial charge in [0.05, 0.1) is 6.61 Å². The molecule has 120 valence electrons. The number of piperidine rings is 1. The van der Waals surface area contributed by atoms with Crippen molar-refractivity contribution in [2.75, 3.05) is 19.7 Å². The molecule has 0 radical (unpaired) electrons. The minimum absolute atomic E-state index is 0.0525. The predicted octanol–water partition coefficient (Wildman–Crippen LogP) is 2.68. The summed E-state index contributed by atoms with van der Waals surface area (Å²) >= 11 is 0. The molecule has 1 aromatic rings. The highest BCUT2D eigenvalue weighted by atomic mass is 16.5. The molecule has 2 unspecified atom stereocenters. The van der Waals surface area contributed by atoms with E-state index in [4.69, 9.17) is 10.5 Å². The highest BCUT2D eigenvalue weighted by Crippen LogP contribution is 2.21. The van der Waals surface area contributed by atoms with Crippen molar-refractivity contribution in [1.29, 1.82) is 0 Å². The Morgan fingerprint density at radius 1 is 1.50 bits per heavy atom. The fourth-order valence-corrected chi connectivity index (χ4v) is 2.81. The van der Waals surface area contributed by atoms with E-state index < -0.39 is 0 Å². The molecule has 0 bridgehead atoms. The molecular weight excluding hydrogens is 276 g/mol. The molecule has 22 heavy (non-hydrogen) atoms. The Bertz CT molecular complexity index is 526. The monoisotopic (exact) mass is 302 g/mol. The fourth-order valence-electron chi connectivity index (χ4n) is 2.81. The summed E-state index contributed by atoms with van der Waals surface area (Å²) in [7, 11) is 0. The van der Waals surface area contributed by atoms with Crippen LogP contribution in [0.3, 0.4) is 0 Å². The maximum absolute atomic E-state index is 12.4. The van der Waals surface area contributed by atoms with E-state index in [0.29, 0.717) is 12.5 Å². The summed E-state index contributed by atoms with van der Waals surface area (Å²) in [5.74, 6) is 1.26. The zero-order valence-corrected chi connectivity index (χ0v) is 13.5. The minimum atomic E-state index is 0.0525. The summed E-state index contributed by atoms with van der Waals surface area (Å²) in [6.45, 7) is 6.16. The minimum Gasteiger partial charge on any atom is -0.493 e. The zero-order chi connectivity index (χ0) is 15.9. The lowest BCUT2D eigenvalue weighted by Crippen LogP contribution is -2.44. The molecule has 1 aliphatic rings. The van der Waals surface area contributed by atoms with Gasteiger partial charge in [-0.3, -0.25) is 4.79 Å². The Hall–Kier alpha value is -1.81. The first-order valence-corrected chi connectivity index (χ1v) is 8.06. The van der Waals surface area contributed by atoms with E-state index in [9.17, 15) is 4.79 Å². The molecule has 2 atom stereocenters. The van der Waals surface area contributed by atoms with Crippen molar-refractivity contribution in [3.63, 3.8) is 0 Å². The van der Waals surface area contributed by atoms with Gasteiger partial charge in [-0.1, -0.05) is 18.2 Å². The largest absolute Gasteiger partial charge is 0.493 e. The number of likely N-dealkylation sites (tertiary alicyclic amines) is 1. The molecule has 0 spiro atoms. The molecule has 0 aliphatic carbocycles. The van der Waals surface area contributed by atoms with Crippen LogP contribution in [0.2, 0.25) is 0 Å². The molecule has 1 amide bonds. The summed E-state index contributed by atoms with van der Waals surface area (Å²) in [6.07, 6.45) is 5.61. The first-order chi connectivity index (χ1) is 10.6. The maximum Gasteiger partial charge on any atom is 0.246 e. The Kier molecular flexibility index (Phi) is 6.01. The van der Waals surface area contributed by atoms with Gasteiger partial charge in [-0.15, -0.1) is 0 Å². The first kappa shape index (κ1) is 16.6. The van der Waals surface area contributed by atoms with Crippen LogP contribution in [0.5, 0.6) is 5.75 Å². The summed E-state index contributed by atoms with van der Waals surface area (Å²) in [6, 6.07) is 7.89. The number of rotatable bonds is 5. The standard InChI is InChI=1S/C18H26N2O2/c1-3-22-17-9-5-4-7-15(17)10-11-18(21)20-12-6-8-16(13-20)14(2)19/h4-5,7,9-11,14,16H,3,6,8,12-13,19H2,1-2H3. The Morgan fingerprint density at radius 2 is 2.27 bits per heavy atom. The number of hydrogen-bond donors (Lipinski definition) is 1. The van der Waals surface area contributed by atoms with Gasteiger partial charge in [-0.05, 0) is 44.7 Å². The topological polar surface area (TPSA) is 55.6 Å². The van der Waals surface area contributed by atoms with Crippen LogP contribution >= 0.6 is 0 Å². The van der Waals surface area contributed by atoms with Gasteiger partial charge in [0, 0.05) is 30.8 Å². The van der Waals surface area contributed by atoms with Crippen molar-refractivity contribution in [2.24, 2.45) is 11.7 Å². The van der Waals surface area contributed by atoms with Crippen LogP contribution in [0.25, 0.3) is 6.08 Å². The molecule has 1 fully saturated rings. The summed E-state index contributed by atoms with van der Waals surface area (Å²) < 4.78 is 5.57. The van der Waals surface area contributed by atoms with Gasteiger partial charge >= 0.3 is 0 Å². The lowest BCUT2D eigenvalue weighted by molar-refractivity contribution is -0.127. The number of hydrogen-bond acceptors (Lipinski definition) is 3. The molecule has 0 aromatic heterocycles. The Morgan fingerprint density at radius 3 is 3.00 bits per heavy atom. The second-order valence-corrected chi connectivity index (χ2v) is 5.85. The van der Waals surface area contributed by atoms with Gasteiger partial charge < -0.3 is 15.4 Å². The second kappa shape index (κ2) is 7.99. The van der Waals surface area contributed by atoms with E-state index in [1.165, 1.54) is 0 Å². The molecule has 0 saturated carbocycles. The van der Waals surface area contributed by atoms with E-state index in [1.54, 1.807) is 6.08 Å². The second-order valence-electron chi connectivity index (χ2n) is 5.85. The highest BCUT2D eigenvalue weighted by Gasteiger charge is 2.24. The average Bonchev–Trinajstić information content (AvgIpc) is 2.54. The number of nitrogens with zero attached hydrogens (tertiary/aromatic N) is 1. The van der Waals surface area contributed by atoms with Crippen molar-refractivity contribution in [1.82, 2.24) is 4.90 Å². The van der Waals surface area contributed by atoms with E-state index in [-0.39, 0.29) is 11.9 Å². The third kappa shape index (κ3) is 4.34. The molecule has 4 nitrogen and oxygen atoms in total. The number of para-hydroxylation sites is 1. The van der Waals surface area contributed by atoms with Crippen LogP contribution in [0, 0.1) is 5.92 Å². The normalized spacial score (nSPS) is 20.1. The molecule has 2 rings (SSSR count). The summed E-state index contributed by atoms with van der Waals surface area (Å²) in [5, 5.41) is 0. The van der Waals surface area contributed by atoms with E-state index >= 15 is 0 Å². The number of amides is 1. The molecular formula is C18H26N2O2. The number of nitrogens with two attached hydrogens (primary N) is 1. The molecule has 1 aliphatic heterocycles. The quantitative estimate of drug-likeness (QED) is 0.851. The smallest absolute Gasteiger partial charge is 0.246 e. The summed E-state index contributed by atoms with van der Waals surface area (Å²) in [4.78, 5) is 14.3. The van der Waals surface area contributed by atoms with Gasteiger partial charge in [-0.2, -0.15) is 0 Å². The van der Waals surface area contributed by atoms with Crippen LogP contribution in [-0.4, -0.2) is 36.5 Å². The fraction of sp³-hybridized carbons (Fsp3) is 0.500. The third-order valence-corrected chi connectivity index (χ3v) is 4.14. The first-order valence-electron chi connectivity index (χ1n) is 8.06. The maximum atomic E-state index is 12.4. The number of ether oxygens (including phenoxy) is 1. The lowest BCUT2D eigenvalue weighted by atomic mass is 9.92. The van der Waals surface area contributed by atoms with Crippen molar-refractivity contribution in [2.45, 2.75) is 32.7 Å². The van der Waals surface area contributed by atoms with E-state index in [0.717, 1.165) is 37.2 Å². The van der Waals surface area contributed by atoms with E-state index in [1.807, 2.05) is 49.1 Å². The van der Waals surface area contributed by atoms with Crippen LogP contribution < -0.4 is 10.5 Å². The summed E-state index contributed by atoms with van der Waals surface area (Å²) in [5.41, 5.74) is 6.90. The van der Waals surface area contributed by atoms with Crippen LogP contribution in [0.1, 0.15) is 32.3 Å². The third-order valence-electron chi connectivity index (χ3n) is 4.14. The zero-order valence-electron chi connectivity index (χ0n) is 13.5. The van der Waals surface area contributed by atoms with Crippen molar-refractivity contribution >= 4 is 12.0 Å². The van der Waals surface area contributed by atoms with Gasteiger partial charge in [0.1, 0.15) is 5.75 Å². The molecule has 1 saturated heterocycles. The molecule has 1 heterocycles. The lowest BCUT2D eigenvalue weighted by Gasteiger charge is -2.34. The highest BCUT2D eigenvalue weighted by molar-refractivity contribution is 5.92. The van der Waals surface area contributed by atoms with Gasteiger partial charge in [0.2, 0.25) is 5.91 Å². The number of carbonyl (C=O) groups is 1. The van der Waals surface area contributed by atoms with E-state index in [2.05, 4.69) is 0 Å². The number of carbonyl (C=O) groups excluding carboxylic acids is 1. The molecule has 1 aromatic carbocycles. The Balaban J connectivity index is 2.02. The SMILES string of the molecule is CCOc1ccccc1C=CC(=O)N1CCCC(C(C)N)C1. The number of benzene rings is 1. The van der Waals surface area contributed by atoms with Crippen molar-refractivity contribution in [3.05, 3.63) is 35.9 Å². The predicted molar refractivity (Wildman–Crippen MR) is 89.6 cm³/mol. The van der Waals surface area contributed by atoms with Crippen LogP contribution in [0.4, 0.5) is 0 Å². The molecule has 4 heteroatoms. The van der Waals surface area contributed by atoms with Crippen molar-refractivity contribution in [3.8, 4) is 5.75 Å². The average molecular weight is 302 g/mol. The van der Waals surface area contributed by atoms with Crippen LogP contribution in [0.15, 0.2) is 30.3 Å². The molecule has 2 N–H and O–H groups in total. The van der Waals surface area contributed by atoms with Gasteiger partial charge in [0.15, 0.2) is 0 Å². The van der Waals surface area contributed by atoms with Gasteiger partial charge in [-0.25, -0.2) is 0 Å². The van der Waals surface area contributed by atoms with Crippen molar-refractivity contribution < 1.29 is 9.53 Å². The Labute approximate surface area is 132 Å². The van der Waals surface area contributed by atoms with Crippen LogP contribution in [-0.2, 0) is 4.79 Å². The van der Waals surface area contributed by atoms with Gasteiger partial charge in [0.25, 0.3) is 0 Å².